The number of rotatable bonds is 9. The van der Waals surface area contributed by atoms with Gasteiger partial charge >= 0.3 is 5.69 Å². The maximum atomic E-state index is 14.9. The molecule has 1 aromatic heterocycles. The highest BCUT2D eigenvalue weighted by atomic mass is 32.2. The zero-order valence-electron chi connectivity index (χ0n) is 26.0. The molecule has 3 rings (SSSR count). The summed E-state index contributed by atoms with van der Waals surface area (Å²) in [6.07, 6.45) is 2.03. The summed E-state index contributed by atoms with van der Waals surface area (Å²) in [6, 6.07) is 9.72. The zero-order valence-corrected chi connectivity index (χ0v) is 29.7. The molecule has 1 aliphatic rings. The average molecular weight is 625 g/mol. The van der Waals surface area contributed by atoms with Crippen LogP contribution in [-0.4, -0.2) is 48.4 Å². The Morgan fingerprint density at radius 1 is 1.02 bits per heavy atom. The summed E-state index contributed by atoms with van der Waals surface area (Å²) < 4.78 is 28.9. The first-order chi connectivity index (χ1) is 18.3. The first kappa shape index (κ1) is 33.3. The molecule has 4 atom stereocenters. The molecule has 7 nitrogen and oxygen atoms in total. The number of aryl methyl sites for hydroxylation is 1. The summed E-state index contributed by atoms with van der Waals surface area (Å²) in [7, 11) is -6.03. The van der Waals surface area contributed by atoms with Gasteiger partial charge in [0.2, 0.25) is 0 Å². The van der Waals surface area contributed by atoms with Gasteiger partial charge in [-0.1, -0.05) is 78.4 Å². The van der Waals surface area contributed by atoms with Gasteiger partial charge in [0.05, 0.1) is 28.8 Å². The Labute approximate surface area is 248 Å². The predicted octanol–water partition coefficient (Wildman–Crippen LogP) is 6.43. The Balaban J connectivity index is 2.21. The fourth-order valence-electron chi connectivity index (χ4n) is 4.21. The third-order valence-corrected chi connectivity index (χ3v) is 21.8. The first-order valence-corrected chi connectivity index (χ1v) is 21.9. The predicted molar refractivity (Wildman–Crippen MR) is 173 cm³/mol. The number of aromatic amines is 1. The number of thioether (sulfide) groups is 1. The molecule has 2 heterocycles. The van der Waals surface area contributed by atoms with E-state index in [0.29, 0.717) is 18.4 Å². The Morgan fingerprint density at radius 3 is 2.12 bits per heavy atom. The molecule has 1 aromatic carbocycles. The lowest BCUT2D eigenvalue weighted by Gasteiger charge is -2.40. The number of nitrogens with zero attached hydrogens (tertiary/aromatic N) is 1. The molecule has 0 amide bonds. The second-order valence-corrected chi connectivity index (χ2v) is 26.8. The van der Waals surface area contributed by atoms with Crippen LogP contribution in [-0.2, 0) is 30.3 Å². The van der Waals surface area contributed by atoms with Crippen molar-refractivity contribution in [2.24, 2.45) is 0 Å². The molecule has 1 aliphatic heterocycles. The van der Waals surface area contributed by atoms with Crippen molar-refractivity contribution >= 4 is 39.2 Å². The van der Waals surface area contributed by atoms with E-state index < -0.39 is 48.1 Å². The first-order valence-electron chi connectivity index (χ1n) is 14.1. The van der Waals surface area contributed by atoms with Crippen LogP contribution in [0, 0.1) is 0 Å². The standard InChI is InChI=1S/C29H48N2O5S2Si2/c1-12-21-19-31(26(33)30-25(21)32)29(37-22-16-14-13-15-17-22)18-23(36-40(10,11)28(5,6)7)24(38(29)34)20-35-39(8,9)27(2,3)4/h13-17,19,23-24H,12,18,20H2,1-11H3,(H,30,32,33)/t23-,24+,29+,38+/m0/s1. The zero-order chi connectivity index (χ0) is 30.3. The molecular weight excluding hydrogens is 577 g/mol. The van der Waals surface area contributed by atoms with Gasteiger partial charge in [-0.3, -0.25) is 18.6 Å². The highest BCUT2D eigenvalue weighted by Crippen LogP contribution is 2.52. The number of H-pyrrole nitrogens is 1. The normalized spacial score (nSPS) is 24.4. The third kappa shape index (κ3) is 6.70. The number of aromatic nitrogens is 2. The van der Waals surface area contributed by atoms with Crippen LogP contribution >= 0.6 is 11.8 Å². The van der Waals surface area contributed by atoms with Crippen LogP contribution in [0.3, 0.4) is 0 Å². The van der Waals surface area contributed by atoms with Crippen LogP contribution < -0.4 is 11.2 Å². The van der Waals surface area contributed by atoms with E-state index in [-0.39, 0.29) is 22.8 Å². The highest BCUT2D eigenvalue weighted by Gasteiger charge is 2.58. The SMILES string of the molecule is CCc1cn([C@@]2(Sc3ccccc3)C[C@H](O[Si](C)(C)C(C)(C)C)[C@@H](CO[Si](C)(C)C(C)(C)C)[S@]2=O)c(=O)[nH]c1=O. The maximum absolute atomic E-state index is 14.9. The van der Waals surface area contributed by atoms with Crippen molar-refractivity contribution in [1.82, 2.24) is 9.55 Å². The van der Waals surface area contributed by atoms with Gasteiger partial charge in [-0.05, 0) is 54.8 Å². The molecule has 40 heavy (non-hydrogen) atoms. The Morgan fingerprint density at radius 2 is 1.60 bits per heavy atom. The average Bonchev–Trinajstić information content (AvgIpc) is 3.07. The van der Waals surface area contributed by atoms with Crippen LogP contribution in [0.4, 0.5) is 0 Å². The van der Waals surface area contributed by atoms with Crippen molar-refractivity contribution in [3.05, 3.63) is 62.9 Å². The Bertz CT molecular complexity index is 1330. The van der Waals surface area contributed by atoms with E-state index in [2.05, 4.69) is 72.7 Å². The minimum Gasteiger partial charge on any atom is -0.416 e. The number of nitrogens with one attached hydrogen (secondary N) is 1. The lowest BCUT2D eigenvalue weighted by Crippen LogP contribution is -2.48. The molecule has 0 bridgehead atoms. The van der Waals surface area contributed by atoms with Gasteiger partial charge in [0, 0.05) is 23.1 Å². The molecule has 11 heteroatoms. The second kappa shape index (κ2) is 11.8. The van der Waals surface area contributed by atoms with E-state index in [1.165, 1.54) is 16.3 Å². The molecule has 224 valence electrons. The molecule has 0 unspecified atom stereocenters. The van der Waals surface area contributed by atoms with Gasteiger partial charge in [0.15, 0.2) is 20.8 Å². The topological polar surface area (TPSA) is 90.4 Å². The summed E-state index contributed by atoms with van der Waals surface area (Å²) in [4.78, 5) is 29.4. The molecule has 0 aliphatic carbocycles. The highest BCUT2D eigenvalue weighted by molar-refractivity contribution is 8.11. The fraction of sp³-hybridized carbons (Fsp3) is 0.655. The largest absolute Gasteiger partial charge is 0.416 e. The lowest BCUT2D eigenvalue weighted by atomic mass is 10.2. The van der Waals surface area contributed by atoms with Crippen LogP contribution in [0.25, 0.3) is 0 Å². The molecule has 2 aromatic rings. The van der Waals surface area contributed by atoms with Crippen molar-refractivity contribution in [1.29, 1.82) is 0 Å². The third-order valence-electron chi connectivity index (χ3n) is 8.91. The van der Waals surface area contributed by atoms with Crippen LogP contribution in [0.5, 0.6) is 0 Å². The maximum Gasteiger partial charge on any atom is 0.330 e. The van der Waals surface area contributed by atoms with Gasteiger partial charge in [-0.2, -0.15) is 0 Å². The molecule has 1 saturated heterocycles. The minimum atomic E-state index is -2.28. The number of hydrogen-bond acceptors (Lipinski definition) is 6. The second-order valence-electron chi connectivity index (χ2n) is 13.8. The van der Waals surface area contributed by atoms with Gasteiger partial charge < -0.3 is 8.85 Å². The van der Waals surface area contributed by atoms with Crippen LogP contribution in [0.1, 0.15) is 60.5 Å². The molecule has 1 N–H and O–H groups in total. The summed E-state index contributed by atoms with van der Waals surface area (Å²) >= 11 is 1.41. The van der Waals surface area contributed by atoms with Crippen molar-refractivity contribution in [3.8, 4) is 0 Å². The van der Waals surface area contributed by atoms with Crippen molar-refractivity contribution in [2.45, 2.75) is 118 Å². The van der Waals surface area contributed by atoms with Crippen LogP contribution in [0.2, 0.25) is 36.3 Å². The van der Waals surface area contributed by atoms with E-state index in [0.717, 1.165) is 4.90 Å². The van der Waals surface area contributed by atoms with Gasteiger partial charge in [-0.25, -0.2) is 4.79 Å². The van der Waals surface area contributed by atoms with Crippen molar-refractivity contribution in [2.75, 3.05) is 6.61 Å². The van der Waals surface area contributed by atoms with E-state index in [9.17, 15) is 13.8 Å². The summed E-state index contributed by atoms with van der Waals surface area (Å²) in [5.74, 6) is 0. The summed E-state index contributed by atoms with van der Waals surface area (Å²) in [5.41, 5.74) is -0.484. The van der Waals surface area contributed by atoms with E-state index in [1.54, 1.807) is 6.20 Å². The van der Waals surface area contributed by atoms with Crippen molar-refractivity contribution in [3.63, 3.8) is 0 Å². The lowest BCUT2D eigenvalue weighted by molar-refractivity contribution is 0.142. The fourth-order valence-corrected chi connectivity index (χ4v) is 10.7. The van der Waals surface area contributed by atoms with E-state index in [1.807, 2.05) is 37.3 Å². The quantitative estimate of drug-likeness (QED) is 0.323. The van der Waals surface area contributed by atoms with Crippen LogP contribution in [0.15, 0.2) is 51.0 Å². The minimum absolute atomic E-state index is 0.00929. The smallest absolute Gasteiger partial charge is 0.330 e. The number of hydrogen-bond donors (Lipinski definition) is 1. The summed E-state index contributed by atoms with van der Waals surface area (Å²) in [5, 5.41) is -0.505. The van der Waals surface area contributed by atoms with Gasteiger partial charge in [0.1, 0.15) is 0 Å². The molecule has 0 spiro atoms. The monoisotopic (exact) mass is 624 g/mol. The molecular formula is C29H48N2O5S2Si2. The van der Waals surface area contributed by atoms with Gasteiger partial charge in [-0.15, -0.1) is 0 Å². The van der Waals surface area contributed by atoms with Crippen molar-refractivity contribution < 1.29 is 13.1 Å². The molecule has 1 fully saturated rings. The molecule has 0 radical (unpaired) electrons. The Kier molecular flexibility index (Phi) is 9.81. The molecule has 0 saturated carbocycles. The van der Waals surface area contributed by atoms with E-state index in [4.69, 9.17) is 8.85 Å². The summed E-state index contributed by atoms with van der Waals surface area (Å²) in [6.45, 7) is 24.1. The van der Waals surface area contributed by atoms with Gasteiger partial charge in [0.25, 0.3) is 5.56 Å². The van der Waals surface area contributed by atoms with E-state index >= 15 is 0 Å². The number of benzene rings is 1. The Hall–Kier alpha value is -1.25.